The normalized spacial score (nSPS) is 11.5. The lowest BCUT2D eigenvalue weighted by Gasteiger charge is -2.20. The molecule has 7 heteroatoms. The number of carbonyl (C=O) groups is 1. The highest BCUT2D eigenvalue weighted by molar-refractivity contribution is 6.11. The van der Waals surface area contributed by atoms with E-state index in [2.05, 4.69) is 16.0 Å². The molecule has 0 aliphatic heterocycles. The molecule has 0 saturated carbocycles. The van der Waals surface area contributed by atoms with Crippen molar-refractivity contribution >= 4 is 27.8 Å². The number of rotatable bonds is 5. The van der Waals surface area contributed by atoms with Gasteiger partial charge in [-0.1, -0.05) is 12.1 Å². The van der Waals surface area contributed by atoms with E-state index in [0.717, 1.165) is 21.8 Å². The zero-order chi connectivity index (χ0) is 22.9. The maximum Gasteiger partial charge on any atom is 0.357 e. The van der Waals surface area contributed by atoms with Gasteiger partial charge in [0.1, 0.15) is 23.2 Å². The fraction of sp³-hybridized carbons (Fsp3) is 0.240. The molecule has 1 N–H and O–H groups in total. The molecule has 2 aromatic heterocycles. The number of methoxy groups -OCH3 is 1. The average molecular weight is 429 g/mol. The van der Waals surface area contributed by atoms with Crippen LogP contribution < -0.4 is 4.74 Å². The summed E-state index contributed by atoms with van der Waals surface area (Å²) in [6, 6.07) is 14.8. The van der Waals surface area contributed by atoms with Crippen molar-refractivity contribution < 1.29 is 19.0 Å². The number of nitrogens with zero attached hydrogens (tertiary/aromatic N) is 2. The number of nitrogens with one attached hydrogen (secondary N) is 1. The molecule has 2 aromatic carbocycles. The lowest BCUT2D eigenvalue weighted by Crippen LogP contribution is -2.25. The molecule has 0 bridgehead atoms. The van der Waals surface area contributed by atoms with Crippen LogP contribution in [0.2, 0.25) is 0 Å². The molecule has 32 heavy (non-hydrogen) atoms. The third kappa shape index (κ3) is 4.13. The fourth-order valence-corrected chi connectivity index (χ4v) is 3.56. The monoisotopic (exact) mass is 429 g/mol. The van der Waals surface area contributed by atoms with Crippen LogP contribution in [-0.4, -0.2) is 28.6 Å². The zero-order valence-corrected chi connectivity index (χ0v) is 18.4. The van der Waals surface area contributed by atoms with Crippen molar-refractivity contribution in [2.24, 2.45) is 0 Å². The first-order chi connectivity index (χ1) is 15.3. The first-order valence-corrected chi connectivity index (χ1v) is 10.1. The molecule has 2 heterocycles. The number of ether oxygens (including phenoxy) is 3. The smallest absolute Gasteiger partial charge is 0.357 e. The van der Waals surface area contributed by atoms with Gasteiger partial charge in [-0.25, -0.2) is 9.78 Å². The SMILES string of the molecule is COCc1c(C(=O)OC(C)(C)C)ncc2[nH]c3ccc(Oc4ccccc4C#N)cc3c12. The number of hydrogen-bond donors (Lipinski definition) is 1. The van der Waals surface area contributed by atoms with Gasteiger partial charge in [0.25, 0.3) is 0 Å². The topological polar surface area (TPSA) is 97.2 Å². The van der Waals surface area contributed by atoms with Crippen molar-refractivity contribution in [2.75, 3.05) is 7.11 Å². The van der Waals surface area contributed by atoms with Crippen LogP contribution in [0.15, 0.2) is 48.7 Å². The third-order valence-corrected chi connectivity index (χ3v) is 4.83. The Morgan fingerprint density at radius 2 is 1.94 bits per heavy atom. The lowest BCUT2D eigenvalue weighted by atomic mass is 10.1. The number of carbonyl (C=O) groups excluding carboxylic acids is 1. The summed E-state index contributed by atoms with van der Waals surface area (Å²) in [7, 11) is 1.57. The second kappa shape index (κ2) is 8.33. The molecule has 0 spiro atoms. The fourth-order valence-electron chi connectivity index (χ4n) is 3.56. The molecular formula is C25H23N3O4. The number of fused-ring (bicyclic) bond motifs is 3. The summed E-state index contributed by atoms with van der Waals surface area (Å²) in [5.74, 6) is 0.540. The second-order valence-electron chi connectivity index (χ2n) is 8.35. The number of nitriles is 1. The highest BCUT2D eigenvalue weighted by Gasteiger charge is 2.24. The third-order valence-electron chi connectivity index (χ3n) is 4.83. The molecule has 0 aliphatic rings. The van der Waals surface area contributed by atoms with E-state index < -0.39 is 11.6 Å². The van der Waals surface area contributed by atoms with Crippen LogP contribution in [0.4, 0.5) is 0 Å². The maximum atomic E-state index is 12.8. The second-order valence-corrected chi connectivity index (χ2v) is 8.35. The molecule has 0 radical (unpaired) electrons. The zero-order valence-electron chi connectivity index (χ0n) is 18.4. The predicted molar refractivity (Wildman–Crippen MR) is 121 cm³/mol. The Kier molecular flexibility index (Phi) is 5.56. The average Bonchev–Trinajstić information content (AvgIpc) is 3.11. The molecular weight excluding hydrogens is 406 g/mol. The van der Waals surface area contributed by atoms with Crippen LogP contribution in [0.1, 0.15) is 42.4 Å². The number of benzene rings is 2. The number of para-hydroxylation sites is 1. The molecule has 0 amide bonds. The molecule has 0 fully saturated rings. The van der Waals surface area contributed by atoms with Gasteiger partial charge < -0.3 is 19.2 Å². The minimum Gasteiger partial charge on any atom is -0.456 e. The van der Waals surface area contributed by atoms with Crippen molar-refractivity contribution in [3.05, 3.63) is 65.5 Å². The van der Waals surface area contributed by atoms with E-state index in [1.807, 2.05) is 45.0 Å². The van der Waals surface area contributed by atoms with Gasteiger partial charge in [0.15, 0.2) is 5.69 Å². The Morgan fingerprint density at radius 3 is 2.66 bits per heavy atom. The van der Waals surface area contributed by atoms with Gasteiger partial charge in [0.2, 0.25) is 0 Å². The van der Waals surface area contributed by atoms with Gasteiger partial charge in [0, 0.05) is 29.0 Å². The van der Waals surface area contributed by atoms with Crippen LogP contribution >= 0.6 is 0 Å². The van der Waals surface area contributed by atoms with Crippen molar-refractivity contribution in [1.82, 2.24) is 9.97 Å². The molecule has 0 saturated heterocycles. The summed E-state index contributed by atoms with van der Waals surface area (Å²) in [6.45, 7) is 5.63. The van der Waals surface area contributed by atoms with E-state index in [1.165, 1.54) is 0 Å². The molecule has 0 atom stereocenters. The van der Waals surface area contributed by atoms with Gasteiger partial charge >= 0.3 is 5.97 Å². The van der Waals surface area contributed by atoms with Crippen molar-refractivity contribution in [3.8, 4) is 17.6 Å². The molecule has 0 aliphatic carbocycles. The van der Waals surface area contributed by atoms with Crippen LogP contribution in [0.5, 0.6) is 11.5 Å². The van der Waals surface area contributed by atoms with Crippen molar-refractivity contribution in [1.29, 1.82) is 5.26 Å². The van der Waals surface area contributed by atoms with E-state index in [1.54, 1.807) is 31.5 Å². The number of hydrogen-bond acceptors (Lipinski definition) is 6. The first-order valence-electron chi connectivity index (χ1n) is 10.1. The predicted octanol–water partition coefficient (Wildman–Crippen LogP) is 5.48. The minimum atomic E-state index is -0.645. The van der Waals surface area contributed by atoms with Crippen LogP contribution in [0.3, 0.4) is 0 Å². The molecule has 162 valence electrons. The van der Waals surface area contributed by atoms with E-state index >= 15 is 0 Å². The van der Waals surface area contributed by atoms with E-state index in [4.69, 9.17) is 14.2 Å². The van der Waals surface area contributed by atoms with Gasteiger partial charge in [-0.2, -0.15) is 5.26 Å². The maximum absolute atomic E-state index is 12.8. The molecule has 0 unspecified atom stereocenters. The van der Waals surface area contributed by atoms with Crippen LogP contribution in [0, 0.1) is 11.3 Å². The Labute approximate surface area is 185 Å². The quantitative estimate of drug-likeness (QED) is 0.422. The van der Waals surface area contributed by atoms with Gasteiger partial charge in [-0.3, -0.25) is 0 Å². The van der Waals surface area contributed by atoms with Crippen molar-refractivity contribution in [3.63, 3.8) is 0 Å². The van der Waals surface area contributed by atoms with Gasteiger partial charge in [0.05, 0.1) is 23.9 Å². The molecule has 7 nitrogen and oxygen atoms in total. The minimum absolute atomic E-state index is 0.189. The highest BCUT2D eigenvalue weighted by Crippen LogP contribution is 2.34. The Hall–Kier alpha value is -3.89. The number of aromatic amines is 1. The van der Waals surface area contributed by atoms with E-state index in [9.17, 15) is 10.1 Å². The molecule has 4 aromatic rings. The standard InChI is InChI=1S/C25H23N3O4/c1-25(2,3)32-24(29)23-18(14-30-4)22-17-11-16(9-10-19(17)28-20(22)13-27-23)31-21-8-6-5-7-15(21)12-26/h5-11,13,28H,14H2,1-4H3. The lowest BCUT2D eigenvalue weighted by molar-refractivity contribution is 0.00593. The van der Waals surface area contributed by atoms with Crippen LogP contribution in [0.25, 0.3) is 21.8 Å². The Balaban J connectivity index is 1.86. The largest absolute Gasteiger partial charge is 0.456 e. The van der Waals surface area contributed by atoms with E-state index in [0.29, 0.717) is 22.6 Å². The number of H-pyrrole nitrogens is 1. The number of aromatic nitrogens is 2. The highest BCUT2D eigenvalue weighted by atomic mass is 16.6. The van der Waals surface area contributed by atoms with Gasteiger partial charge in [-0.15, -0.1) is 0 Å². The Bertz CT molecular complexity index is 1360. The van der Waals surface area contributed by atoms with Crippen LogP contribution in [-0.2, 0) is 16.1 Å². The van der Waals surface area contributed by atoms with Gasteiger partial charge in [-0.05, 0) is 51.1 Å². The van der Waals surface area contributed by atoms with E-state index in [-0.39, 0.29) is 12.3 Å². The summed E-state index contributed by atoms with van der Waals surface area (Å²) >= 11 is 0. The molecule has 4 rings (SSSR count). The number of esters is 1. The Morgan fingerprint density at radius 1 is 1.16 bits per heavy atom. The summed E-state index contributed by atoms with van der Waals surface area (Å²) in [6.07, 6.45) is 1.62. The summed E-state index contributed by atoms with van der Waals surface area (Å²) in [4.78, 5) is 20.5. The summed E-state index contributed by atoms with van der Waals surface area (Å²) in [5.41, 5.74) is 2.29. The van der Waals surface area contributed by atoms with Crippen molar-refractivity contribution in [2.45, 2.75) is 33.0 Å². The summed E-state index contributed by atoms with van der Waals surface area (Å²) in [5, 5.41) is 11.0. The first kappa shape index (κ1) is 21.3. The summed E-state index contributed by atoms with van der Waals surface area (Å²) < 4.78 is 17.0. The number of pyridine rings is 1.